The Morgan fingerprint density at radius 3 is 2.83 bits per heavy atom. The van der Waals surface area contributed by atoms with Crippen LogP contribution in [-0.4, -0.2) is 38.3 Å². The minimum absolute atomic E-state index is 0.0381. The van der Waals surface area contributed by atoms with Gasteiger partial charge in [0.05, 0.1) is 5.75 Å². The molecule has 0 saturated heterocycles. The molecule has 0 unspecified atom stereocenters. The van der Waals surface area contributed by atoms with Crippen LogP contribution in [0.5, 0.6) is 0 Å². The predicted octanol–water partition coefficient (Wildman–Crippen LogP) is 1.98. The molecule has 0 atom stereocenters. The Kier molecular flexibility index (Phi) is 5.52. The quantitative estimate of drug-likeness (QED) is 0.657. The van der Waals surface area contributed by atoms with E-state index in [4.69, 9.17) is 4.52 Å². The van der Waals surface area contributed by atoms with Crippen molar-refractivity contribution < 1.29 is 9.32 Å². The Morgan fingerprint density at radius 2 is 2.04 bits per heavy atom. The molecule has 0 radical (unpaired) electrons. The smallest absolute Gasteiger partial charge is 0.230 e. The summed E-state index contributed by atoms with van der Waals surface area (Å²) < 4.78 is 5.18. The first-order valence-electron chi connectivity index (χ1n) is 7.34. The van der Waals surface area contributed by atoms with Gasteiger partial charge in [-0.05, 0) is 24.3 Å². The fourth-order valence-corrected chi connectivity index (χ4v) is 2.63. The van der Waals surface area contributed by atoms with Crippen molar-refractivity contribution in [3.63, 3.8) is 0 Å². The number of hydrogen-bond acceptors (Lipinski definition) is 7. The lowest BCUT2D eigenvalue weighted by molar-refractivity contribution is -0.118. The van der Waals surface area contributed by atoms with Crippen LogP contribution in [0.1, 0.15) is 5.89 Å². The Hall–Kier alpha value is -2.74. The average molecular weight is 341 g/mol. The lowest BCUT2D eigenvalue weighted by Crippen LogP contribution is -2.27. The molecule has 7 nitrogen and oxygen atoms in total. The molecule has 0 bridgehead atoms. The Bertz CT molecular complexity index is 779. The van der Waals surface area contributed by atoms with Crippen molar-refractivity contribution in [1.82, 2.24) is 25.4 Å². The fraction of sp³-hybridized carbons (Fsp3) is 0.188. The molecule has 0 aromatic carbocycles. The molecule has 0 fully saturated rings. The van der Waals surface area contributed by atoms with Crippen LogP contribution in [0, 0.1) is 0 Å². The number of aromatic nitrogens is 4. The standard InChI is InChI=1S/C16H15N5O2S/c22-14(11-24-13-3-7-17-8-4-13)19-9-5-15-20-16(21-23-15)12-2-1-6-18-10-12/h1-4,6-8,10H,5,9,11H2,(H,19,22). The SMILES string of the molecule is O=C(CSc1ccncc1)NCCc1nc(-c2cccnc2)no1. The van der Waals surface area contributed by atoms with Crippen LogP contribution in [-0.2, 0) is 11.2 Å². The molecule has 3 rings (SSSR count). The lowest BCUT2D eigenvalue weighted by Gasteiger charge is -2.03. The molecule has 1 amide bonds. The number of carbonyl (C=O) groups is 1. The van der Waals surface area contributed by atoms with E-state index in [9.17, 15) is 4.79 Å². The molecule has 0 aliphatic carbocycles. The summed E-state index contributed by atoms with van der Waals surface area (Å²) in [6, 6.07) is 7.42. The van der Waals surface area contributed by atoms with Crippen molar-refractivity contribution in [1.29, 1.82) is 0 Å². The van der Waals surface area contributed by atoms with E-state index in [1.165, 1.54) is 11.8 Å². The van der Waals surface area contributed by atoms with Crippen molar-refractivity contribution in [3.8, 4) is 11.4 Å². The highest BCUT2D eigenvalue weighted by atomic mass is 32.2. The molecule has 1 N–H and O–H groups in total. The van der Waals surface area contributed by atoms with Gasteiger partial charge in [0.2, 0.25) is 17.6 Å². The van der Waals surface area contributed by atoms with Crippen molar-refractivity contribution in [2.24, 2.45) is 0 Å². The van der Waals surface area contributed by atoms with Crippen molar-refractivity contribution in [2.75, 3.05) is 12.3 Å². The van der Waals surface area contributed by atoms with E-state index in [1.54, 1.807) is 24.8 Å². The van der Waals surface area contributed by atoms with Gasteiger partial charge in [0.25, 0.3) is 0 Å². The number of rotatable bonds is 7. The van der Waals surface area contributed by atoms with Gasteiger partial charge in [-0.15, -0.1) is 11.8 Å². The first kappa shape index (κ1) is 16.1. The maximum Gasteiger partial charge on any atom is 0.230 e. The van der Waals surface area contributed by atoms with Gasteiger partial charge in [-0.2, -0.15) is 4.98 Å². The molecular formula is C16H15N5O2S. The van der Waals surface area contributed by atoms with Crippen LogP contribution in [0.2, 0.25) is 0 Å². The normalized spacial score (nSPS) is 10.5. The zero-order valence-corrected chi connectivity index (χ0v) is 13.6. The molecule has 8 heteroatoms. The first-order chi connectivity index (χ1) is 11.8. The number of hydrogen-bond donors (Lipinski definition) is 1. The van der Waals surface area contributed by atoms with Crippen LogP contribution in [0.4, 0.5) is 0 Å². The average Bonchev–Trinajstić information content (AvgIpc) is 3.11. The zero-order chi connectivity index (χ0) is 16.6. The van der Waals surface area contributed by atoms with Crippen LogP contribution in [0.3, 0.4) is 0 Å². The van der Waals surface area contributed by atoms with Gasteiger partial charge in [0, 0.05) is 48.2 Å². The van der Waals surface area contributed by atoms with Gasteiger partial charge in [-0.1, -0.05) is 5.16 Å². The van der Waals surface area contributed by atoms with Gasteiger partial charge in [0.1, 0.15) is 0 Å². The molecular weight excluding hydrogens is 326 g/mol. The van der Waals surface area contributed by atoms with Crippen LogP contribution >= 0.6 is 11.8 Å². The highest BCUT2D eigenvalue weighted by Gasteiger charge is 2.09. The van der Waals surface area contributed by atoms with Crippen LogP contribution < -0.4 is 5.32 Å². The molecule has 0 aliphatic heterocycles. The first-order valence-corrected chi connectivity index (χ1v) is 8.32. The summed E-state index contributed by atoms with van der Waals surface area (Å²) in [5.74, 6) is 1.30. The number of amides is 1. The summed E-state index contributed by atoms with van der Waals surface area (Å²) in [4.78, 5) is 25.1. The molecule has 24 heavy (non-hydrogen) atoms. The monoisotopic (exact) mass is 341 g/mol. The van der Waals surface area contributed by atoms with Crippen LogP contribution in [0.15, 0.2) is 58.5 Å². The Balaban J connectivity index is 1.42. The summed E-state index contributed by atoms with van der Waals surface area (Å²) in [5.41, 5.74) is 0.797. The van der Waals surface area contributed by atoms with Crippen molar-refractivity contribution >= 4 is 17.7 Å². The number of pyridine rings is 2. The second-order valence-electron chi connectivity index (χ2n) is 4.82. The zero-order valence-electron chi connectivity index (χ0n) is 12.8. The minimum Gasteiger partial charge on any atom is -0.355 e. The van der Waals surface area contributed by atoms with E-state index in [0.29, 0.717) is 30.4 Å². The maximum atomic E-state index is 11.8. The number of carbonyl (C=O) groups excluding carboxylic acids is 1. The molecule has 0 aliphatic rings. The highest BCUT2D eigenvalue weighted by molar-refractivity contribution is 8.00. The number of thioether (sulfide) groups is 1. The van der Waals surface area contributed by atoms with E-state index >= 15 is 0 Å². The summed E-state index contributed by atoms with van der Waals surface area (Å²) in [6.45, 7) is 0.449. The fourth-order valence-electron chi connectivity index (χ4n) is 1.91. The van der Waals surface area contributed by atoms with Gasteiger partial charge >= 0.3 is 0 Å². The Labute approximate surface area is 142 Å². The third-order valence-electron chi connectivity index (χ3n) is 3.07. The van der Waals surface area contributed by atoms with E-state index in [0.717, 1.165) is 10.5 Å². The predicted molar refractivity (Wildman–Crippen MR) is 89.2 cm³/mol. The lowest BCUT2D eigenvalue weighted by atomic mass is 10.3. The van der Waals surface area contributed by atoms with Gasteiger partial charge in [-0.3, -0.25) is 14.8 Å². The van der Waals surface area contributed by atoms with E-state index < -0.39 is 0 Å². The topological polar surface area (TPSA) is 93.8 Å². The summed E-state index contributed by atoms with van der Waals surface area (Å²) in [5, 5.41) is 6.75. The molecule has 3 aromatic heterocycles. The second kappa shape index (κ2) is 8.21. The Morgan fingerprint density at radius 1 is 1.17 bits per heavy atom. The highest BCUT2D eigenvalue weighted by Crippen LogP contribution is 2.15. The second-order valence-corrected chi connectivity index (χ2v) is 5.87. The summed E-state index contributed by atoms with van der Waals surface area (Å²) in [7, 11) is 0. The minimum atomic E-state index is -0.0381. The maximum absolute atomic E-state index is 11.8. The molecule has 0 saturated carbocycles. The third-order valence-corrected chi connectivity index (χ3v) is 4.08. The number of nitrogens with one attached hydrogen (secondary N) is 1. The van der Waals surface area contributed by atoms with E-state index in [-0.39, 0.29) is 5.91 Å². The van der Waals surface area contributed by atoms with E-state index in [2.05, 4.69) is 25.4 Å². The molecule has 0 spiro atoms. The molecule has 3 aromatic rings. The largest absolute Gasteiger partial charge is 0.355 e. The molecule has 122 valence electrons. The van der Waals surface area contributed by atoms with Crippen molar-refractivity contribution in [2.45, 2.75) is 11.3 Å². The third kappa shape index (κ3) is 4.63. The van der Waals surface area contributed by atoms with Gasteiger partial charge in [-0.25, -0.2) is 0 Å². The van der Waals surface area contributed by atoms with Crippen LogP contribution in [0.25, 0.3) is 11.4 Å². The van der Waals surface area contributed by atoms with Gasteiger partial charge < -0.3 is 9.84 Å². The van der Waals surface area contributed by atoms with E-state index in [1.807, 2.05) is 24.3 Å². The van der Waals surface area contributed by atoms with Crippen molar-refractivity contribution in [3.05, 3.63) is 54.9 Å². The molecule has 3 heterocycles. The summed E-state index contributed by atoms with van der Waals surface area (Å²) >= 11 is 1.47. The summed E-state index contributed by atoms with van der Waals surface area (Å²) in [6.07, 6.45) is 7.25. The van der Waals surface area contributed by atoms with Gasteiger partial charge in [0.15, 0.2) is 0 Å². The number of nitrogens with zero attached hydrogens (tertiary/aromatic N) is 4.